The maximum atomic E-state index is 14.6. The molecule has 62 heavy (non-hydrogen) atoms. The van der Waals surface area contributed by atoms with Crippen molar-refractivity contribution in [1.29, 1.82) is 0 Å². The molecule has 4 N–H and O–H groups in total. The van der Waals surface area contributed by atoms with Crippen molar-refractivity contribution in [1.82, 2.24) is 10.2 Å². The smallest absolute Gasteiger partial charge is 0.312 e. The number of allylic oxidation sites excluding steroid dienone is 4. The Kier molecular flexibility index (Phi) is 13.6. The van der Waals surface area contributed by atoms with Crippen LogP contribution in [0.4, 0.5) is 5.69 Å². The number of aliphatic imine (C=N–C) groups is 1. The standard InChI is InChI=1S/C47H57N3O12/c1-23-13-11-14-24(2)46(57)49-32-22-31(48-30-17-16-29(21-33(30)52)15-12-19-50(8)9)35-36(40(32)55)38(53)26(4)42-37(35)45(56)47(7,62-42)59-20-18-34(58-10)25(3)43(60-28(6)51)44-39(54)27(5)41(23)61-44/h11,13-14,16-18,20-23,25,27,34,39,41,43-44,52-54H,12,15,19H2,1-10H3,(H,49,57)/b13-11+,20-18+,24-14-,48-31+/t23-,25+,27-,34-,39+,41-,43+,44+,47-/m0/s1. The van der Waals surface area contributed by atoms with Crippen LogP contribution in [-0.2, 0) is 35.0 Å². The second-order valence-corrected chi connectivity index (χ2v) is 17.0. The molecule has 7 bridgehead atoms. The van der Waals surface area contributed by atoms with Gasteiger partial charge in [-0.2, -0.15) is 0 Å². The van der Waals surface area contributed by atoms with Gasteiger partial charge in [0.1, 0.15) is 35.1 Å². The zero-order valence-corrected chi connectivity index (χ0v) is 36.8. The number of aliphatic hydroxyl groups is 1. The summed E-state index contributed by atoms with van der Waals surface area (Å²) >= 11 is 0. The highest BCUT2D eigenvalue weighted by molar-refractivity contribution is 6.32. The van der Waals surface area contributed by atoms with Crippen molar-refractivity contribution in [2.75, 3.05) is 27.7 Å². The lowest BCUT2D eigenvalue weighted by Gasteiger charge is -2.33. The molecule has 332 valence electrons. The molecule has 15 heteroatoms. The fourth-order valence-electron chi connectivity index (χ4n) is 8.45. The molecule has 0 radical (unpaired) electrons. The zero-order valence-electron chi connectivity index (χ0n) is 36.8. The Balaban J connectivity index is 1.49. The number of aryl methyl sites for hydroxylation is 1. The predicted molar refractivity (Wildman–Crippen MR) is 230 cm³/mol. The number of amides is 1. The number of phenolic OH excluding ortho intramolecular Hbond substituents is 2. The monoisotopic (exact) mass is 855 g/mol. The van der Waals surface area contributed by atoms with Gasteiger partial charge in [-0.3, -0.25) is 19.2 Å². The largest absolute Gasteiger partial charge is 0.507 e. The molecule has 0 unspecified atom stereocenters. The van der Waals surface area contributed by atoms with Gasteiger partial charge >= 0.3 is 11.8 Å². The minimum atomic E-state index is -2.03. The molecular formula is C47H57N3O12. The number of Topliss-reactive ketones (excluding diaryl/α,β-unsaturated/α-hetero) is 2. The third-order valence-corrected chi connectivity index (χ3v) is 12.0. The Morgan fingerprint density at radius 2 is 1.74 bits per heavy atom. The molecule has 2 aromatic carbocycles. The highest BCUT2D eigenvalue weighted by atomic mass is 16.7. The number of methoxy groups -OCH3 is 1. The van der Waals surface area contributed by atoms with Crippen LogP contribution < -0.4 is 10.1 Å². The van der Waals surface area contributed by atoms with Gasteiger partial charge in [-0.1, -0.05) is 45.1 Å². The first-order chi connectivity index (χ1) is 29.3. The van der Waals surface area contributed by atoms with Crippen molar-refractivity contribution in [3.05, 3.63) is 93.9 Å². The molecule has 5 aliphatic rings. The molecule has 2 aromatic rings. The summed E-state index contributed by atoms with van der Waals surface area (Å²) in [6.07, 6.45) is 6.45. The lowest BCUT2D eigenvalue weighted by Crippen LogP contribution is -2.46. The van der Waals surface area contributed by atoms with Crippen molar-refractivity contribution >= 4 is 34.8 Å². The van der Waals surface area contributed by atoms with E-state index >= 15 is 0 Å². The number of hydrogen-bond donors (Lipinski definition) is 4. The molecule has 7 rings (SSSR count). The number of hydrogen-bond acceptors (Lipinski definition) is 14. The number of ether oxygens (including phenoxy) is 5. The molecule has 0 saturated carbocycles. The average Bonchev–Trinajstić information content (AvgIpc) is 3.66. The topological polar surface area (TPSA) is 203 Å². The highest BCUT2D eigenvalue weighted by Gasteiger charge is 2.52. The quantitative estimate of drug-likeness (QED) is 0.253. The summed E-state index contributed by atoms with van der Waals surface area (Å²) in [7, 11) is 5.41. The number of esters is 1. The van der Waals surface area contributed by atoms with E-state index in [1.54, 1.807) is 38.1 Å². The van der Waals surface area contributed by atoms with Gasteiger partial charge in [0.25, 0.3) is 11.7 Å². The number of carbonyl (C=O) groups excluding carboxylic acids is 4. The van der Waals surface area contributed by atoms with Gasteiger partial charge in [-0.05, 0) is 77.2 Å². The zero-order chi connectivity index (χ0) is 45.4. The van der Waals surface area contributed by atoms with E-state index in [4.69, 9.17) is 28.7 Å². The number of fused-ring (bicyclic) bond motifs is 9. The summed E-state index contributed by atoms with van der Waals surface area (Å²) < 4.78 is 30.3. The summed E-state index contributed by atoms with van der Waals surface area (Å²) in [5, 5.41) is 37.0. The lowest BCUT2D eigenvalue weighted by atomic mass is 9.83. The molecule has 0 spiro atoms. The number of benzene rings is 2. The number of aromatic hydroxyl groups is 2. The third kappa shape index (κ3) is 8.98. The minimum Gasteiger partial charge on any atom is -0.507 e. The van der Waals surface area contributed by atoms with Gasteiger partial charge in [-0.15, -0.1) is 0 Å². The number of ketones is 2. The van der Waals surface area contributed by atoms with Gasteiger partial charge in [0.15, 0.2) is 0 Å². The van der Waals surface area contributed by atoms with Crippen LogP contribution in [-0.4, -0.2) is 113 Å². The van der Waals surface area contributed by atoms with E-state index in [1.807, 2.05) is 40.1 Å². The van der Waals surface area contributed by atoms with Crippen LogP contribution in [0, 0.1) is 24.7 Å². The minimum absolute atomic E-state index is 0.0151. The summed E-state index contributed by atoms with van der Waals surface area (Å²) in [6.45, 7) is 12.1. The van der Waals surface area contributed by atoms with Gasteiger partial charge in [0, 0.05) is 55.4 Å². The van der Waals surface area contributed by atoms with Crippen LogP contribution >= 0.6 is 0 Å². The first-order valence-corrected chi connectivity index (χ1v) is 20.8. The second kappa shape index (κ2) is 18.4. The van der Waals surface area contributed by atoms with Gasteiger partial charge in [-0.25, -0.2) is 4.99 Å². The Hall–Kier alpha value is -5.61. The van der Waals surface area contributed by atoms with Gasteiger partial charge in [0.2, 0.25) is 5.78 Å². The third-order valence-electron chi connectivity index (χ3n) is 12.0. The van der Waals surface area contributed by atoms with Gasteiger partial charge in [0.05, 0.1) is 47.1 Å². The predicted octanol–water partition coefficient (Wildman–Crippen LogP) is 5.54. The van der Waals surface area contributed by atoms with E-state index in [0.717, 1.165) is 18.5 Å². The fourth-order valence-corrected chi connectivity index (χ4v) is 8.45. The second-order valence-electron chi connectivity index (χ2n) is 17.0. The van der Waals surface area contributed by atoms with Crippen LogP contribution in [0.1, 0.15) is 85.4 Å². The Morgan fingerprint density at radius 3 is 2.40 bits per heavy atom. The fraction of sp³-hybridized carbons (Fsp3) is 0.468. The molecular weight excluding hydrogens is 799 g/mol. The van der Waals surface area contributed by atoms with E-state index in [2.05, 4.69) is 10.2 Å². The van der Waals surface area contributed by atoms with E-state index in [9.17, 15) is 34.5 Å². The summed E-state index contributed by atoms with van der Waals surface area (Å²) in [6, 6.07) is 5.05. The van der Waals surface area contributed by atoms with Crippen LogP contribution in [0.3, 0.4) is 0 Å². The molecule has 1 fully saturated rings. The van der Waals surface area contributed by atoms with Gasteiger partial charge < -0.3 is 49.2 Å². The first-order valence-electron chi connectivity index (χ1n) is 20.8. The Bertz CT molecular complexity index is 2290. The van der Waals surface area contributed by atoms with Crippen molar-refractivity contribution in [2.24, 2.45) is 22.7 Å². The normalized spacial score (nSPS) is 31.3. The SMILES string of the molecule is CO[C@H]1/C=C/O[C@@]2(C)Oc3c(C)c(O)c4c(c3C2=O)/C(=N/c2ccc(CCCN(C)C)cc2O)C=C(NC(=O)/C(C)=C\C=C\[C@H](C)[C@@H]2O[C@H]([C@H](O)[C@@H]2C)[C@H](OC(C)=O)[C@@H]1C)C4=O. The van der Waals surface area contributed by atoms with Crippen molar-refractivity contribution < 1.29 is 58.2 Å². The first kappa shape index (κ1) is 45.9. The molecule has 15 nitrogen and oxygen atoms in total. The van der Waals surface area contributed by atoms with Crippen LogP contribution in [0.2, 0.25) is 0 Å². The highest BCUT2D eigenvalue weighted by Crippen LogP contribution is 2.48. The molecule has 0 aromatic heterocycles. The Labute approximate surface area is 361 Å². The van der Waals surface area contributed by atoms with Crippen molar-refractivity contribution in [3.63, 3.8) is 0 Å². The van der Waals surface area contributed by atoms with Crippen LogP contribution in [0.5, 0.6) is 17.2 Å². The van der Waals surface area contributed by atoms with Crippen molar-refractivity contribution in [3.8, 4) is 17.2 Å². The molecule has 1 saturated heterocycles. The number of carbonyl (C=O) groups is 4. The van der Waals surface area contributed by atoms with Crippen molar-refractivity contribution in [2.45, 2.75) is 97.6 Å². The number of phenols is 2. The number of aliphatic hydroxyl groups excluding tert-OH is 1. The van der Waals surface area contributed by atoms with E-state index in [0.29, 0.717) is 6.42 Å². The Morgan fingerprint density at radius 1 is 1.02 bits per heavy atom. The van der Waals surface area contributed by atoms with Crippen LogP contribution in [0.15, 0.2) is 71.1 Å². The summed E-state index contributed by atoms with van der Waals surface area (Å²) in [5.74, 6) is -6.72. The summed E-state index contributed by atoms with van der Waals surface area (Å²) in [5.41, 5.74) is 0.560. The molecule has 9 atom stereocenters. The number of nitrogens with zero attached hydrogens (tertiary/aromatic N) is 2. The number of nitrogens with one attached hydrogen (secondary N) is 1. The molecule has 1 aliphatic carbocycles. The molecule has 4 aliphatic heterocycles. The number of rotatable bonds is 7. The van der Waals surface area contributed by atoms with E-state index < -0.39 is 71.4 Å². The maximum absolute atomic E-state index is 14.6. The van der Waals surface area contributed by atoms with Crippen LogP contribution in [0.25, 0.3) is 0 Å². The summed E-state index contributed by atoms with van der Waals surface area (Å²) in [4.78, 5) is 61.9. The molecule has 1 amide bonds. The van der Waals surface area contributed by atoms with E-state index in [1.165, 1.54) is 46.3 Å². The van der Waals surface area contributed by atoms with E-state index in [-0.39, 0.29) is 68.3 Å². The average molecular weight is 856 g/mol. The molecule has 4 heterocycles. The maximum Gasteiger partial charge on any atom is 0.312 e. The lowest BCUT2D eigenvalue weighted by molar-refractivity contribution is -0.168.